The molecule has 10 unspecified atom stereocenters. The van der Waals surface area contributed by atoms with Gasteiger partial charge in [0.2, 0.25) is 6.29 Å². The van der Waals surface area contributed by atoms with Gasteiger partial charge in [-0.25, -0.2) is 4.99 Å². The van der Waals surface area contributed by atoms with Crippen molar-refractivity contribution >= 4 is 29.8 Å². The van der Waals surface area contributed by atoms with E-state index >= 15 is 0 Å². The van der Waals surface area contributed by atoms with Crippen molar-refractivity contribution in [3.63, 3.8) is 0 Å². The van der Waals surface area contributed by atoms with Gasteiger partial charge in [0.05, 0.1) is 92.5 Å². The first-order valence-corrected chi connectivity index (χ1v) is 23.6. The second kappa shape index (κ2) is 39.6. The smallest absolute Gasteiger partial charge is 0.303 e. The molecule has 0 bridgehead atoms. The molecule has 29 nitrogen and oxygen atoms in total. The van der Waals surface area contributed by atoms with Crippen molar-refractivity contribution in [2.75, 3.05) is 126 Å². The molecular formula is C43H73N7O22. The average molecular weight is 1040 g/mol. The molecule has 72 heavy (non-hydrogen) atoms. The van der Waals surface area contributed by atoms with Gasteiger partial charge in [-0.1, -0.05) is 6.92 Å². The number of aliphatic imine (C=N–C) groups is 1. The average Bonchev–Trinajstić information content (AvgIpc) is 3.71. The summed E-state index contributed by atoms with van der Waals surface area (Å²) in [5.74, 6) is -3.97. The highest BCUT2D eigenvalue weighted by Gasteiger charge is 2.54. The summed E-state index contributed by atoms with van der Waals surface area (Å²) in [6, 6.07) is -0.945. The Labute approximate surface area is 417 Å². The van der Waals surface area contributed by atoms with E-state index in [2.05, 4.69) is 35.0 Å². The molecule has 29 heteroatoms. The Morgan fingerprint density at radius 3 is 1.54 bits per heavy atom. The third-order valence-corrected chi connectivity index (χ3v) is 10.2. The van der Waals surface area contributed by atoms with Crippen molar-refractivity contribution in [3.05, 3.63) is 20.9 Å². The minimum Gasteiger partial charge on any atom is -0.463 e. The topological polar surface area (TPSA) is 355 Å². The van der Waals surface area contributed by atoms with Gasteiger partial charge in [0, 0.05) is 63.6 Å². The summed E-state index contributed by atoms with van der Waals surface area (Å²) in [5.41, 5.74) is 16.4. The van der Waals surface area contributed by atoms with E-state index in [4.69, 9.17) is 82.1 Å². The van der Waals surface area contributed by atoms with Crippen LogP contribution in [-0.4, -0.2) is 210 Å². The molecule has 1 N–H and O–H groups in total. The molecule has 2 aliphatic rings. The number of hydrogen-bond donors (Lipinski definition) is 1. The SMILES string of the molecule is CC(=O)OCC1OC2OC(C)=NC2C(OC(C)=O)C1OC(O)C(OC(C)=O)C(CCOCCOCCOCCOCCON=[N+]=[N-])C(OC(C)=O)C(C)CCCOCCOCCOCCOCCON=[N+]=[N-]. The van der Waals surface area contributed by atoms with Crippen molar-refractivity contribution in [1.82, 2.24) is 0 Å². The molecule has 1 saturated heterocycles. The van der Waals surface area contributed by atoms with Crippen LogP contribution in [0.3, 0.4) is 0 Å². The molecule has 412 valence electrons. The van der Waals surface area contributed by atoms with Crippen LogP contribution in [0.15, 0.2) is 15.5 Å². The molecule has 2 aliphatic heterocycles. The number of hydrogen-bond acceptors (Lipinski definition) is 25. The van der Waals surface area contributed by atoms with Crippen LogP contribution in [0.5, 0.6) is 0 Å². The van der Waals surface area contributed by atoms with Crippen LogP contribution in [0.25, 0.3) is 20.9 Å². The third-order valence-electron chi connectivity index (χ3n) is 10.2. The minimum absolute atomic E-state index is 0.0184. The van der Waals surface area contributed by atoms with E-state index in [-0.39, 0.29) is 71.8 Å². The van der Waals surface area contributed by atoms with E-state index in [0.717, 1.165) is 6.92 Å². The molecule has 0 saturated carbocycles. The Kier molecular flexibility index (Phi) is 34.8. The fourth-order valence-corrected chi connectivity index (χ4v) is 7.22. The summed E-state index contributed by atoms with van der Waals surface area (Å²) < 4.78 is 85.2. The van der Waals surface area contributed by atoms with E-state index in [0.29, 0.717) is 72.3 Å². The van der Waals surface area contributed by atoms with Crippen molar-refractivity contribution < 1.29 is 105 Å². The maximum Gasteiger partial charge on any atom is 0.303 e. The zero-order valence-electron chi connectivity index (χ0n) is 42.0. The molecule has 0 amide bonds. The summed E-state index contributed by atoms with van der Waals surface area (Å²) in [7, 11) is 0. The molecule has 2 rings (SSSR count). The van der Waals surface area contributed by atoms with Gasteiger partial charge >= 0.3 is 23.9 Å². The largest absolute Gasteiger partial charge is 0.463 e. The highest BCUT2D eigenvalue weighted by atomic mass is 16.7. The number of esters is 4. The molecule has 2 heterocycles. The molecule has 0 radical (unpaired) electrons. The number of ether oxygens (including phenoxy) is 15. The van der Waals surface area contributed by atoms with Gasteiger partial charge in [-0.15, -0.1) is 0 Å². The number of rotatable bonds is 44. The summed E-state index contributed by atoms with van der Waals surface area (Å²) in [6.07, 6.45) is -8.30. The molecule has 0 aliphatic carbocycles. The number of aliphatic hydroxyl groups excluding tert-OH is 1. The summed E-state index contributed by atoms with van der Waals surface area (Å²) in [6.45, 7) is 12.3. The lowest BCUT2D eigenvalue weighted by Gasteiger charge is -2.43. The van der Waals surface area contributed by atoms with E-state index in [9.17, 15) is 24.3 Å². The van der Waals surface area contributed by atoms with E-state index in [1.807, 2.05) is 6.92 Å². The van der Waals surface area contributed by atoms with Gasteiger partial charge in [-0.05, 0) is 36.2 Å². The van der Waals surface area contributed by atoms with Crippen LogP contribution in [0, 0.1) is 11.8 Å². The Morgan fingerprint density at radius 2 is 1.08 bits per heavy atom. The van der Waals surface area contributed by atoms with Crippen LogP contribution >= 0.6 is 0 Å². The molecular weight excluding hydrogens is 966 g/mol. The summed E-state index contributed by atoms with van der Waals surface area (Å²) in [5, 5.41) is 18.0. The van der Waals surface area contributed by atoms with Gasteiger partial charge in [0.15, 0.2) is 30.4 Å². The summed E-state index contributed by atoms with van der Waals surface area (Å²) >= 11 is 0. The van der Waals surface area contributed by atoms with Crippen LogP contribution in [0.4, 0.5) is 0 Å². The number of aliphatic hydroxyl groups is 1. The Bertz CT molecular complexity index is 1660. The number of fused-ring (bicyclic) bond motifs is 1. The fourth-order valence-electron chi connectivity index (χ4n) is 7.22. The van der Waals surface area contributed by atoms with Crippen molar-refractivity contribution in [2.45, 2.75) is 110 Å². The lowest BCUT2D eigenvalue weighted by Crippen LogP contribution is -2.61. The van der Waals surface area contributed by atoms with Crippen LogP contribution in [-0.2, 0) is 99.9 Å². The zero-order chi connectivity index (χ0) is 52.8. The first-order chi connectivity index (χ1) is 34.8. The van der Waals surface area contributed by atoms with Crippen LogP contribution in [0.1, 0.15) is 60.8 Å². The molecule has 10 atom stereocenters. The first kappa shape index (κ1) is 63.2. The Balaban J connectivity index is 2.14. The number of carbonyl (C=O) groups is 4. The zero-order valence-corrected chi connectivity index (χ0v) is 42.0. The molecule has 0 aromatic carbocycles. The standard InChI is InChI=1S/C43H73N7O22/c1-29(8-7-10-56-12-14-58-16-18-60-20-22-62-24-26-65-49-47-44)38(68-32(4)52)35(9-11-57-13-15-59-17-19-61-21-23-63-25-27-66-50-48-45)39(69-33(5)53)42(55)72-40-36(28-64-31(3)51)71-43-37(46-30(2)67-43)41(40)70-34(6)54/h29,35-43,55H,7-28H2,1-6H3. The molecule has 0 spiro atoms. The predicted octanol–water partition coefficient (Wildman–Crippen LogP) is 2.63. The van der Waals surface area contributed by atoms with Gasteiger partial charge < -0.3 is 85.8 Å². The van der Waals surface area contributed by atoms with Gasteiger partial charge in [0.25, 0.3) is 0 Å². The van der Waals surface area contributed by atoms with E-state index in [1.165, 1.54) is 20.8 Å². The highest BCUT2D eigenvalue weighted by molar-refractivity contribution is 5.75. The second-order valence-corrected chi connectivity index (χ2v) is 15.8. The van der Waals surface area contributed by atoms with Gasteiger partial charge in [-0.2, -0.15) is 0 Å². The number of carbonyl (C=O) groups excluding carboxylic acids is 4. The number of azide groups is 2. The lowest BCUT2D eigenvalue weighted by atomic mass is 9.83. The summed E-state index contributed by atoms with van der Waals surface area (Å²) in [4.78, 5) is 68.6. The molecule has 0 aromatic heterocycles. The second-order valence-electron chi connectivity index (χ2n) is 15.8. The molecule has 1 fully saturated rings. The predicted molar refractivity (Wildman–Crippen MR) is 244 cm³/mol. The normalized spacial score (nSPS) is 20.2. The van der Waals surface area contributed by atoms with Crippen molar-refractivity contribution in [1.29, 1.82) is 0 Å². The van der Waals surface area contributed by atoms with Crippen LogP contribution < -0.4 is 0 Å². The number of nitrogens with zero attached hydrogens (tertiary/aromatic N) is 7. The Hall–Kier alpha value is -4.87. The van der Waals surface area contributed by atoms with Gasteiger partial charge in [-0.3, -0.25) is 19.2 Å². The van der Waals surface area contributed by atoms with E-state index < -0.39 is 91.5 Å². The quantitative estimate of drug-likeness (QED) is 0.0134. The monoisotopic (exact) mass is 1040 g/mol. The fraction of sp³-hybridized carbons (Fsp3) is 0.884. The van der Waals surface area contributed by atoms with Crippen LogP contribution in [0.2, 0.25) is 0 Å². The first-order valence-electron chi connectivity index (χ1n) is 23.6. The Morgan fingerprint density at radius 1 is 0.625 bits per heavy atom. The maximum atomic E-state index is 12.9. The van der Waals surface area contributed by atoms with Crippen molar-refractivity contribution in [3.8, 4) is 0 Å². The molecule has 0 aromatic rings. The van der Waals surface area contributed by atoms with E-state index in [1.54, 1.807) is 6.92 Å². The lowest BCUT2D eigenvalue weighted by molar-refractivity contribution is -0.297. The maximum absolute atomic E-state index is 12.9. The highest BCUT2D eigenvalue weighted by Crippen LogP contribution is 2.36. The minimum atomic E-state index is -1.99. The van der Waals surface area contributed by atoms with Gasteiger partial charge in [0.1, 0.15) is 48.7 Å². The third kappa shape index (κ3) is 28.4. The van der Waals surface area contributed by atoms with Crippen molar-refractivity contribution in [2.24, 2.45) is 27.4 Å².